The summed E-state index contributed by atoms with van der Waals surface area (Å²) in [5, 5.41) is 1.26. The molecular formula is C18H20N2O. The highest BCUT2D eigenvalue weighted by Crippen LogP contribution is 2.21. The van der Waals surface area contributed by atoms with Crippen LogP contribution in [-0.4, -0.2) is 17.7 Å². The van der Waals surface area contributed by atoms with E-state index in [1.54, 1.807) is 0 Å². The molecule has 0 radical (unpaired) electrons. The van der Waals surface area contributed by atoms with Gasteiger partial charge in [0.15, 0.2) is 0 Å². The van der Waals surface area contributed by atoms with Gasteiger partial charge in [0.25, 0.3) is 0 Å². The van der Waals surface area contributed by atoms with Crippen LogP contribution in [0.3, 0.4) is 0 Å². The molecule has 0 aliphatic carbocycles. The second kappa shape index (κ2) is 6.46. The Hall–Kier alpha value is -2.26. The summed E-state index contributed by atoms with van der Waals surface area (Å²) in [6, 6.07) is 18.5. The van der Waals surface area contributed by atoms with Gasteiger partial charge in [-0.1, -0.05) is 36.4 Å². The SMILES string of the molecule is NCCc1cccc2ccn(CCOc3ccccc3)c12. The minimum atomic E-state index is 0.657. The van der Waals surface area contributed by atoms with Crippen molar-refractivity contribution >= 4 is 10.9 Å². The van der Waals surface area contributed by atoms with Gasteiger partial charge in [0.2, 0.25) is 0 Å². The van der Waals surface area contributed by atoms with Crippen molar-refractivity contribution in [3.8, 4) is 5.75 Å². The predicted octanol–water partition coefficient (Wildman–Crippen LogP) is 3.22. The minimum Gasteiger partial charge on any atom is -0.492 e. The number of hydrogen-bond donors (Lipinski definition) is 1. The number of ether oxygens (including phenoxy) is 1. The maximum Gasteiger partial charge on any atom is 0.119 e. The van der Waals surface area contributed by atoms with Crippen LogP contribution < -0.4 is 10.5 Å². The van der Waals surface area contributed by atoms with Crippen molar-refractivity contribution in [1.82, 2.24) is 4.57 Å². The van der Waals surface area contributed by atoms with Crippen molar-refractivity contribution in [1.29, 1.82) is 0 Å². The highest BCUT2D eigenvalue weighted by atomic mass is 16.5. The van der Waals surface area contributed by atoms with Crippen molar-refractivity contribution < 1.29 is 4.74 Å². The second-order valence-corrected chi connectivity index (χ2v) is 5.06. The van der Waals surface area contributed by atoms with Gasteiger partial charge in [-0.15, -0.1) is 0 Å². The molecule has 2 N–H and O–H groups in total. The number of aromatic nitrogens is 1. The van der Waals surface area contributed by atoms with Crippen LogP contribution in [0.15, 0.2) is 60.8 Å². The topological polar surface area (TPSA) is 40.2 Å². The normalized spacial score (nSPS) is 10.9. The fourth-order valence-corrected chi connectivity index (χ4v) is 2.66. The van der Waals surface area contributed by atoms with E-state index in [1.165, 1.54) is 16.5 Å². The third kappa shape index (κ3) is 3.09. The molecule has 3 aromatic rings. The molecule has 0 saturated heterocycles. The molecule has 0 amide bonds. The molecule has 2 aromatic carbocycles. The van der Waals surface area contributed by atoms with Crippen molar-refractivity contribution in [2.45, 2.75) is 13.0 Å². The predicted molar refractivity (Wildman–Crippen MR) is 86.6 cm³/mol. The monoisotopic (exact) mass is 280 g/mol. The number of fused-ring (bicyclic) bond motifs is 1. The summed E-state index contributed by atoms with van der Waals surface area (Å²) >= 11 is 0. The largest absolute Gasteiger partial charge is 0.492 e. The number of nitrogens with two attached hydrogens (primary N) is 1. The van der Waals surface area contributed by atoms with Gasteiger partial charge in [-0.3, -0.25) is 0 Å². The Kier molecular flexibility index (Phi) is 4.22. The number of benzene rings is 2. The molecule has 0 aliphatic heterocycles. The maximum absolute atomic E-state index is 5.78. The lowest BCUT2D eigenvalue weighted by atomic mass is 10.1. The molecule has 0 aliphatic rings. The highest BCUT2D eigenvalue weighted by Gasteiger charge is 2.06. The summed E-state index contributed by atoms with van der Waals surface area (Å²) in [6.07, 6.45) is 3.03. The lowest BCUT2D eigenvalue weighted by Crippen LogP contribution is -2.09. The quantitative estimate of drug-likeness (QED) is 0.753. The van der Waals surface area contributed by atoms with E-state index >= 15 is 0 Å². The molecule has 0 atom stereocenters. The Morgan fingerprint density at radius 1 is 0.952 bits per heavy atom. The van der Waals surface area contributed by atoms with Crippen molar-refractivity contribution in [2.75, 3.05) is 13.2 Å². The first kappa shape index (κ1) is 13.7. The summed E-state index contributed by atoms with van der Waals surface area (Å²) in [5.74, 6) is 0.913. The average Bonchev–Trinajstić information content (AvgIpc) is 2.93. The zero-order valence-corrected chi connectivity index (χ0v) is 12.0. The van der Waals surface area contributed by atoms with Crippen LogP contribution in [0.1, 0.15) is 5.56 Å². The van der Waals surface area contributed by atoms with Crippen molar-refractivity contribution in [3.05, 3.63) is 66.4 Å². The van der Waals surface area contributed by atoms with E-state index in [4.69, 9.17) is 10.5 Å². The molecule has 0 unspecified atom stereocenters. The average molecular weight is 280 g/mol. The lowest BCUT2D eigenvalue weighted by Gasteiger charge is -2.10. The molecular weight excluding hydrogens is 260 g/mol. The van der Waals surface area contributed by atoms with E-state index in [0.717, 1.165) is 18.7 Å². The van der Waals surface area contributed by atoms with Crippen molar-refractivity contribution in [2.24, 2.45) is 5.73 Å². The Balaban J connectivity index is 1.75. The van der Waals surface area contributed by atoms with E-state index in [2.05, 4.69) is 35.0 Å². The summed E-state index contributed by atoms with van der Waals surface area (Å²) in [7, 11) is 0. The fraction of sp³-hybridized carbons (Fsp3) is 0.222. The smallest absolute Gasteiger partial charge is 0.119 e. The van der Waals surface area contributed by atoms with Crippen LogP contribution in [0, 0.1) is 0 Å². The zero-order chi connectivity index (χ0) is 14.5. The summed E-state index contributed by atoms with van der Waals surface area (Å²) in [6.45, 7) is 2.16. The fourth-order valence-electron chi connectivity index (χ4n) is 2.66. The Morgan fingerprint density at radius 3 is 2.62 bits per heavy atom. The first-order valence-electron chi connectivity index (χ1n) is 7.33. The number of para-hydroxylation sites is 2. The zero-order valence-electron chi connectivity index (χ0n) is 12.0. The molecule has 3 heteroatoms. The molecule has 0 fully saturated rings. The maximum atomic E-state index is 5.78. The van der Waals surface area contributed by atoms with Gasteiger partial charge >= 0.3 is 0 Å². The molecule has 0 bridgehead atoms. The van der Waals surface area contributed by atoms with Crippen LogP contribution >= 0.6 is 0 Å². The Bertz CT molecular complexity index is 704. The summed E-state index contributed by atoms with van der Waals surface area (Å²) < 4.78 is 8.04. The highest BCUT2D eigenvalue weighted by molar-refractivity contribution is 5.83. The molecule has 0 spiro atoms. The van der Waals surface area contributed by atoms with Crippen LogP contribution in [-0.2, 0) is 13.0 Å². The van der Waals surface area contributed by atoms with Gasteiger partial charge in [-0.25, -0.2) is 0 Å². The van der Waals surface area contributed by atoms with Gasteiger partial charge in [0.1, 0.15) is 12.4 Å². The number of hydrogen-bond acceptors (Lipinski definition) is 2. The number of nitrogens with zero attached hydrogens (tertiary/aromatic N) is 1. The Labute approximate surface area is 125 Å². The first-order chi connectivity index (χ1) is 10.4. The van der Waals surface area contributed by atoms with E-state index in [0.29, 0.717) is 13.2 Å². The van der Waals surface area contributed by atoms with E-state index in [1.807, 2.05) is 30.3 Å². The van der Waals surface area contributed by atoms with Crippen LogP contribution in [0.2, 0.25) is 0 Å². The number of rotatable bonds is 6. The van der Waals surface area contributed by atoms with Gasteiger partial charge in [-0.05, 0) is 42.1 Å². The van der Waals surface area contributed by atoms with Crippen LogP contribution in [0.25, 0.3) is 10.9 Å². The Morgan fingerprint density at radius 2 is 1.81 bits per heavy atom. The molecule has 108 valence electrons. The molecule has 0 saturated carbocycles. The van der Waals surface area contributed by atoms with Gasteiger partial charge < -0.3 is 15.0 Å². The summed E-state index contributed by atoms with van der Waals surface area (Å²) in [5.41, 5.74) is 8.30. The molecule has 3 nitrogen and oxygen atoms in total. The third-order valence-corrected chi connectivity index (χ3v) is 3.63. The van der Waals surface area contributed by atoms with Crippen LogP contribution in [0.4, 0.5) is 0 Å². The second-order valence-electron chi connectivity index (χ2n) is 5.06. The lowest BCUT2D eigenvalue weighted by molar-refractivity contribution is 0.300. The van der Waals surface area contributed by atoms with E-state index in [9.17, 15) is 0 Å². The van der Waals surface area contributed by atoms with E-state index < -0.39 is 0 Å². The third-order valence-electron chi connectivity index (χ3n) is 3.63. The van der Waals surface area contributed by atoms with Gasteiger partial charge in [0.05, 0.1) is 12.1 Å². The molecule has 1 aromatic heterocycles. The van der Waals surface area contributed by atoms with Gasteiger partial charge in [0, 0.05) is 6.20 Å². The molecule has 21 heavy (non-hydrogen) atoms. The standard InChI is InChI=1S/C18H20N2O/c19-11-9-15-5-4-6-16-10-12-20(18(15)16)13-14-21-17-7-2-1-3-8-17/h1-8,10,12H,9,11,13-14,19H2. The minimum absolute atomic E-state index is 0.657. The van der Waals surface area contributed by atoms with Crippen LogP contribution in [0.5, 0.6) is 5.75 Å². The summed E-state index contributed by atoms with van der Waals surface area (Å²) in [4.78, 5) is 0. The molecule has 3 rings (SSSR count). The van der Waals surface area contributed by atoms with Gasteiger partial charge in [-0.2, -0.15) is 0 Å². The molecule has 1 heterocycles. The first-order valence-corrected chi connectivity index (χ1v) is 7.33. The van der Waals surface area contributed by atoms with E-state index in [-0.39, 0.29) is 0 Å². The van der Waals surface area contributed by atoms with Crippen molar-refractivity contribution in [3.63, 3.8) is 0 Å².